The van der Waals surface area contributed by atoms with Crippen LogP contribution >= 0.6 is 11.6 Å². The molecule has 3 heterocycles. The lowest BCUT2D eigenvalue weighted by Gasteiger charge is -2.39. The molecule has 6 heteroatoms. The number of rotatable bonds is 2. The van der Waals surface area contributed by atoms with Crippen molar-refractivity contribution in [3.8, 4) is 0 Å². The molecule has 5 rings (SSSR count). The fraction of sp³-hybridized carbons (Fsp3) is 0.292. The third kappa shape index (κ3) is 3.59. The molecule has 1 aromatic carbocycles. The minimum Gasteiger partial charge on any atom is -0.336 e. The third-order valence-corrected chi connectivity index (χ3v) is 6.38. The molecule has 1 saturated heterocycles. The fourth-order valence-corrected chi connectivity index (χ4v) is 4.81. The Morgan fingerprint density at radius 2 is 1.70 bits per heavy atom. The molecule has 152 valence electrons. The number of nitrogens with zero attached hydrogens (tertiary/aromatic N) is 4. The predicted molar refractivity (Wildman–Crippen MR) is 117 cm³/mol. The van der Waals surface area contributed by atoms with Gasteiger partial charge in [0.05, 0.1) is 11.7 Å². The van der Waals surface area contributed by atoms with Gasteiger partial charge in [-0.3, -0.25) is 19.7 Å². The number of carbonyl (C=O) groups excluding carboxylic acids is 1. The topological polar surface area (TPSA) is 49.3 Å². The van der Waals surface area contributed by atoms with Crippen molar-refractivity contribution >= 4 is 17.5 Å². The SMILES string of the molecule is O=C(c1ccncc1)N1CCN(C2c3ccc(Cl)cc3CCc3cccnc32)CC1. The second kappa shape index (κ2) is 8.17. The zero-order valence-corrected chi connectivity index (χ0v) is 17.4. The van der Waals surface area contributed by atoms with E-state index < -0.39 is 0 Å². The van der Waals surface area contributed by atoms with E-state index in [-0.39, 0.29) is 11.9 Å². The van der Waals surface area contributed by atoms with E-state index in [0.29, 0.717) is 18.7 Å². The smallest absolute Gasteiger partial charge is 0.254 e. The second-order valence-corrected chi connectivity index (χ2v) is 8.29. The lowest BCUT2D eigenvalue weighted by molar-refractivity contribution is 0.0594. The van der Waals surface area contributed by atoms with Crippen molar-refractivity contribution in [2.24, 2.45) is 0 Å². The van der Waals surface area contributed by atoms with Crippen LogP contribution in [0.5, 0.6) is 0 Å². The highest BCUT2D eigenvalue weighted by molar-refractivity contribution is 6.30. The Kier molecular flexibility index (Phi) is 5.23. The predicted octanol–water partition coefficient (Wildman–Crippen LogP) is 3.78. The number of pyridine rings is 2. The first-order chi connectivity index (χ1) is 14.7. The first-order valence-corrected chi connectivity index (χ1v) is 10.7. The lowest BCUT2D eigenvalue weighted by Crippen LogP contribution is -2.50. The number of carbonyl (C=O) groups is 1. The van der Waals surface area contributed by atoms with Gasteiger partial charge in [0, 0.05) is 55.4 Å². The summed E-state index contributed by atoms with van der Waals surface area (Å²) in [4.78, 5) is 26.0. The van der Waals surface area contributed by atoms with Crippen molar-refractivity contribution < 1.29 is 4.79 Å². The van der Waals surface area contributed by atoms with E-state index in [1.807, 2.05) is 23.2 Å². The summed E-state index contributed by atoms with van der Waals surface area (Å²) in [5.74, 6) is 0.0728. The van der Waals surface area contributed by atoms with Crippen LogP contribution in [0.2, 0.25) is 5.02 Å². The monoisotopic (exact) mass is 418 g/mol. The zero-order chi connectivity index (χ0) is 20.5. The number of amides is 1. The molecule has 1 fully saturated rings. The van der Waals surface area contributed by atoms with Crippen LogP contribution in [-0.4, -0.2) is 51.9 Å². The molecule has 0 radical (unpaired) electrons. The van der Waals surface area contributed by atoms with Crippen LogP contribution in [0.1, 0.15) is 38.8 Å². The van der Waals surface area contributed by atoms with Gasteiger partial charge in [-0.05, 0) is 59.9 Å². The van der Waals surface area contributed by atoms with Crippen molar-refractivity contribution in [2.45, 2.75) is 18.9 Å². The Bertz CT molecular complexity index is 1060. The number of aromatic nitrogens is 2. The molecule has 2 aliphatic rings. The summed E-state index contributed by atoms with van der Waals surface area (Å²) < 4.78 is 0. The number of aryl methyl sites for hydroxylation is 2. The zero-order valence-electron chi connectivity index (χ0n) is 16.7. The van der Waals surface area contributed by atoms with Crippen molar-refractivity contribution in [1.82, 2.24) is 19.8 Å². The Labute approximate surface area is 181 Å². The van der Waals surface area contributed by atoms with Crippen LogP contribution in [-0.2, 0) is 12.8 Å². The van der Waals surface area contributed by atoms with Crippen molar-refractivity contribution in [2.75, 3.05) is 26.2 Å². The highest BCUT2D eigenvalue weighted by Gasteiger charge is 2.33. The summed E-state index contributed by atoms with van der Waals surface area (Å²) in [6.07, 6.45) is 7.15. The first kappa shape index (κ1) is 19.2. The largest absolute Gasteiger partial charge is 0.336 e. The average Bonchev–Trinajstić information content (AvgIpc) is 2.96. The van der Waals surface area contributed by atoms with E-state index in [2.05, 4.69) is 28.1 Å². The molecule has 1 aliphatic carbocycles. The van der Waals surface area contributed by atoms with E-state index in [1.54, 1.807) is 24.5 Å². The van der Waals surface area contributed by atoms with Crippen LogP contribution < -0.4 is 0 Å². The number of piperazine rings is 1. The molecular weight excluding hydrogens is 396 g/mol. The minimum absolute atomic E-state index is 0.0728. The van der Waals surface area contributed by atoms with Gasteiger partial charge < -0.3 is 4.90 Å². The summed E-state index contributed by atoms with van der Waals surface area (Å²) in [6.45, 7) is 3.00. The number of fused-ring (bicyclic) bond motifs is 2. The standard InChI is InChI=1S/C24H23ClN4O/c25-20-5-6-21-19(16-20)4-3-17-2-1-9-27-22(17)23(21)28-12-14-29(15-13-28)24(30)18-7-10-26-11-8-18/h1-2,5-11,16,23H,3-4,12-15H2. The fourth-order valence-electron chi connectivity index (χ4n) is 4.61. The second-order valence-electron chi connectivity index (χ2n) is 7.86. The minimum atomic E-state index is 0.0728. The van der Waals surface area contributed by atoms with Gasteiger partial charge in [-0.1, -0.05) is 23.7 Å². The average molecular weight is 419 g/mol. The molecule has 1 amide bonds. The Morgan fingerprint density at radius 1 is 0.933 bits per heavy atom. The Balaban J connectivity index is 1.43. The van der Waals surface area contributed by atoms with Gasteiger partial charge in [0.2, 0.25) is 0 Å². The van der Waals surface area contributed by atoms with E-state index >= 15 is 0 Å². The number of benzene rings is 1. The number of halogens is 1. The molecule has 1 unspecified atom stereocenters. The highest BCUT2D eigenvalue weighted by atomic mass is 35.5. The third-order valence-electron chi connectivity index (χ3n) is 6.14. The van der Waals surface area contributed by atoms with Gasteiger partial charge >= 0.3 is 0 Å². The van der Waals surface area contributed by atoms with Crippen LogP contribution in [0.4, 0.5) is 0 Å². The van der Waals surface area contributed by atoms with Crippen molar-refractivity contribution in [1.29, 1.82) is 0 Å². The Morgan fingerprint density at radius 3 is 2.50 bits per heavy atom. The molecule has 0 saturated carbocycles. The van der Waals surface area contributed by atoms with Gasteiger partial charge in [-0.2, -0.15) is 0 Å². The molecule has 0 bridgehead atoms. The van der Waals surface area contributed by atoms with Gasteiger partial charge in [-0.25, -0.2) is 0 Å². The molecule has 3 aromatic rings. The highest BCUT2D eigenvalue weighted by Crippen LogP contribution is 2.37. The summed E-state index contributed by atoms with van der Waals surface area (Å²) in [6, 6.07) is 14.1. The molecule has 2 aromatic heterocycles. The van der Waals surface area contributed by atoms with E-state index in [9.17, 15) is 4.79 Å². The number of hydrogen-bond donors (Lipinski definition) is 0. The lowest BCUT2D eigenvalue weighted by atomic mass is 9.96. The van der Waals surface area contributed by atoms with Gasteiger partial charge in [0.15, 0.2) is 0 Å². The summed E-state index contributed by atoms with van der Waals surface area (Å²) in [5.41, 5.74) is 5.70. The maximum Gasteiger partial charge on any atom is 0.254 e. The van der Waals surface area contributed by atoms with Gasteiger partial charge in [0.1, 0.15) is 0 Å². The number of hydrogen-bond acceptors (Lipinski definition) is 4. The Hall–Kier alpha value is -2.76. The summed E-state index contributed by atoms with van der Waals surface area (Å²) >= 11 is 6.31. The van der Waals surface area contributed by atoms with Crippen LogP contribution in [0.3, 0.4) is 0 Å². The van der Waals surface area contributed by atoms with Crippen LogP contribution in [0.15, 0.2) is 61.1 Å². The molecule has 0 spiro atoms. The van der Waals surface area contributed by atoms with Gasteiger partial charge in [0.25, 0.3) is 5.91 Å². The molecule has 0 N–H and O–H groups in total. The van der Waals surface area contributed by atoms with E-state index in [1.165, 1.54) is 16.7 Å². The molecule has 1 atom stereocenters. The van der Waals surface area contributed by atoms with Crippen LogP contribution in [0, 0.1) is 0 Å². The van der Waals surface area contributed by atoms with Gasteiger partial charge in [-0.15, -0.1) is 0 Å². The summed E-state index contributed by atoms with van der Waals surface area (Å²) in [7, 11) is 0. The summed E-state index contributed by atoms with van der Waals surface area (Å²) in [5, 5.41) is 0.777. The molecule has 5 nitrogen and oxygen atoms in total. The molecular formula is C24H23ClN4O. The van der Waals surface area contributed by atoms with Crippen LogP contribution in [0.25, 0.3) is 0 Å². The van der Waals surface area contributed by atoms with Crippen molar-refractivity contribution in [3.05, 3.63) is 94.0 Å². The quantitative estimate of drug-likeness (QED) is 0.635. The first-order valence-electron chi connectivity index (χ1n) is 10.4. The normalized spacial score (nSPS) is 19.0. The van der Waals surface area contributed by atoms with E-state index in [4.69, 9.17) is 16.6 Å². The molecule has 1 aliphatic heterocycles. The van der Waals surface area contributed by atoms with Crippen molar-refractivity contribution in [3.63, 3.8) is 0 Å². The maximum absolute atomic E-state index is 12.8. The molecule has 30 heavy (non-hydrogen) atoms. The van der Waals surface area contributed by atoms with E-state index in [0.717, 1.165) is 36.6 Å². The maximum atomic E-state index is 12.8.